The first-order chi connectivity index (χ1) is 11.5. The van der Waals surface area contributed by atoms with Gasteiger partial charge in [-0.25, -0.2) is 0 Å². The number of halogens is 3. The van der Waals surface area contributed by atoms with Crippen LogP contribution in [0.5, 0.6) is 0 Å². The Hall–Kier alpha value is -1.38. The first-order valence-electron chi connectivity index (χ1n) is 7.50. The van der Waals surface area contributed by atoms with Crippen molar-refractivity contribution in [3.05, 3.63) is 40.0 Å². The van der Waals surface area contributed by atoms with E-state index in [-0.39, 0.29) is 31.4 Å². The summed E-state index contributed by atoms with van der Waals surface area (Å²) >= 11 is 12.0. The van der Waals surface area contributed by atoms with Gasteiger partial charge in [0.25, 0.3) is 0 Å². The molecular formula is C15H20Cl3N5O2. The molecule has 0 saturated carbocycles. The molecule has 1 aromatic carbocycles. The van der Waals surface area contributed by atoms with Gasteiger partial charge in [0.2, 0.25) is 11.8 Å². The Bertz CT molecular complexity index is 696. The molecule has 2 rings (SSSR count). The lowest BCUT2D eigenvalue weighted by molar-refractivity contribution is -0.117. The van der Waals surface area contributed by atoms with Crippen molar-refractivity contribution in [2.75, 3.05) is 18.4 Å². The average molecular weight is 409 g/mol. The number of carbonyl (C=O) groups excluding carboxylic acids is 1. The van der Waals surface area contributed by atoms with E-state index in [0.29, 0.717) is 40.5 Å². The second-order valence-corrected chi connectivity index (χ2v) is 6.04. The van der Waals surface area contributed by atoms with Gasteiger partial charge in [-0.1, -0.05) is 35.3 Å². The summed E-state index contributed by atoms with van der Waals surface area (Å²) in [5.74, 6) is 0.671. The van der Waals surface area contributed by atoms with Gasteiger partial charge in [0.15, 0.2) is 5.82 Å². The highest BCUT2D eigenvalue weighted by Gasteiger charge is 2.15. The van der Waals surface area contributed by atoms with Crippen LogP contribution in [0, 0.1) is 0 Å². The van der Waals surface area contributed by atoms with Crippen molar-refractivity contribution in [2.24, 2.45) is 5.73 Å². The number of rotatable bonds is 8. The lowest BCUT2D eigenvalue weighted by atomic mass is 10.3. The normalized spacial score (nSPS) is 10.6. The summed E-state index contributed by atoms with van der Waals surface area (Å²) in [6.45, 7) is 3.50. The van der Waals surface area contributed by atoms with E-state index in [4.69, 9.17) is 33.5 Å². The van der Waals surface area contributed by atoms with Gasteiger partial charge in [-0.15, -0.1) is 12.4 Å². The monoisotopic (exact) mass is 407 g/mol. The van der Waals surface area contributed by atoms with Crippen LogP contribution in [0.25, 0.3) is 0 Å². The zero-order valence-electron chi connectivity index (χ0n) is 13.7. The molecule has 3 N–H and O–H groups in total. The van der Waals surface area contributed by atoms with Crippen molar-refractivity contribution < 1.29 is 9.32 Å². The van der Waals surface area contributed by atoms with Gasteiger partial charge in [-0.05, 0) is 31.2 Å². The zero-order chi connectivity index (χ0) is 17.5. The number of carbonyl (C=O) groups is 1. The van der Waals surface area contributed by atoms with Crippen LogP contribution in [0.4, 0.5) is 5.69 Å². The van der Waals surface area contributed by atoms with Crippen molar-refractivity contribution in [3.63, 3.8) is 0 Å². The summed E-state index contributed by atoms with van der Waals surface area (Å²) in [6, 6.07) is 4.91. The Kier molecular flexibility index (Phi) is 9.16. The van der Waals surface area contributed by atoms with Gasteiger partial charge in [-0.3, -0.25) is 9.69 Å². The number of nitrogens with two attached hydrogens (primary N) is 1. The highest BCUT2D eigenvalue weighted by Crippen LogP contribution is 2.25. The molecule has 2 aromatic rings. The molecule has 7 nitrogen and oxygen atoms in total. The molecule has 0 saturated heterocycles. The largest absolute Gasteiger partial charge is 0.338 e. The van der Waals surface area contributed by atoms with Crippen LogP contribution in [0.1, 0.15) is 25.1 Å². The third-order valence-corrected chi connectivity index (χ3v) is 3.72. The van der Waals surface area contributed by atoms with Crippen LogP contribution in [0.2, 0.25) is 10.0 Å². The Labute approximate surface area is 162 Å². The lowest BCUT2D eigenvalue weighted by Gasteiger charge is -2.19. The van der Waals surface area contributed by atoms with Crippen LogP contribution in [0.3, 0.4) is 0 Å². The topological polar surface area (TPSA) is 97.3 Å². The molecule has 1 heterocycles. The van der Waals surface area contributed by atoms with Crippen molar-refractivity contribution in [1.82, 2.24) is 15.0 Å². The molecule has 10 heteroatoms. The number of hydrogen-bond donors (Lipinski definition) is 2. The van der Waals surface area contributed by atoms with Crippen molar-refractivity contribution in [3.8, 4) is 0 Å². The second-order valence-electron chi connectivity index (χ2n) is 5.19. The minimum absolute atomic E-state index is 0. The molecule has 0 spiro atoms. The maximum atomic E-state index is 12.3. The van der Waals surface area contributed by atoms with Gasteiger partial charge >= 0.3 is 0 Å². The molecule has 25 heavy (non-hydrogen) atoms. The Morgan fingerprint density at radius 1 is 1.40 bits per heavy atom. The van der Waals surface area contributed by atoms with Crippen molar-refractivity contribution >= 4 is 47.2 Å². The molecule has 138 valence electrons. The van der Waals surface area contributed by atoms with Crippen molar-refractivity contribution in [2.45, 2.75) is 26.4 Å². The van der Waals surface area contributed by atoms with E-state index in [9.17, 15) is 4.79 Å². The van der Waals surface area contributed by atoms with E-state index >= 15 is 0 Å². The van der Waals surface area contributed by atoms with E-state index < -0.39 is 0 Å². The number of benzene rings is 1. The van der Waals surface area contributed by atoms with Crippen LogP contribution in [0.15, 0.2) is 22.7 Å². The Morgan fingerprint density at radius 3 is 2.80 bits per heavy atom. The molecule has 1 amide bonds. The third kappa shape index (κ3) is 6.80. The summed E-state index contributed by atoms with van der Waals surface area (Å²) in [5.41, 5.74) is 5.93. The maximum absolute atomic E-state index is 12.3. The SMILES string of the molecule is CCCN(CC(=O)Nc1cc(Cl)ccc1Cl)Cc1noc(CN)n1.Cl. The van der Waals surface area contributed by atoms with Gasteiger partial charge in [-0.2, -0.15) is 4.98 Å². The Balaban J connectivity index is 0.00000312. The number of anilines is 1. The number of amides is 1. The smallest absolute Gasteiger partial charge is 0.240 e. The highest BCUT2D eigenvalue weighted by atomic mass is 35.5. The Morgan fingerprint density at radius 2 is 2.16 bits per heavy atom. The van der Waals surface area contributed by atoms with Crippen LogP contribution < -0.4 is 11.1 Å². The highest BCUT2D eigenvalue weighted by molar-refractivity contribution is 6.35. The first kappa shape index (κ1) is 21.7. The zero-order valence-corrected chi connectivity index (χ0v) is 16.0. The van der Waals surface area contributed by atoms with Crippen molar-refractivity contribution in [1.29, 1.82) is 0 Å². The second kappa shape index (κ2) is 10.6. The van der Waals surface area contributed by atoms with E-state index in [1.807, 2.05) is 11.8 Å². The van der Waals surface area contributed by atoms with Gasteiger partial charge in [0.05, 0.1) is 30.3 Å². The fourth-order valence-corrected chi connectivity index (χ4v) is 2.49. The summed E-state index contributed by atoms with van der Waals surface area (Å²) in [7, 11) is 0. The standard InChI is InChI=1S/C15H19Cl2N5O2.ClH/c1-2-5-22(8-13-20-15(7-18)24-21-13)9-14(23)19-12-6-10(16)3-4-11(12)17;/h3-4,6H,2,5,7-9,18H2,1H3,(H,19,23);1H. The van der Waals surface area contributed by atoms with E-state index in [2.05, 4.69) is 15.5 Å². The molecule has 0 aliphatic carbocycles. The van der Waals surface area contributed by atoms with E-state index in [1.54, 1.807) is 18.2 Å². The van der Waals surface area contributed by atoms with Crippen LogP contribution in [-0.4, -0.2) is 34.0 Å². The first-order valence-corrected chi connectivity index (χ1v) is 8.26. The molecule has 0 radical (unpaired) electrons. The van der Waals surface area contributed by atoms with Crippen LogP contribution in [-0.2, 0) is 17.9 Å². The fourth-order valence-electron chi connectivity index (χ4n) is 2.15. The lowest BCUT2D eigenvalue weighted by Crippen LogP contribution is -2.33. The quantitative estimate of drug-likeness (QED) is 0.696. The molecular weight excluding hydrogens is 389 g/mol. The maximum Gasteiger partial charge on any atom is 0.240 e. The average Bonchev–Trinajstić information content (AvgIpc) is 2.98. The molecule has 0 atom stereocenters. The van der Waals surface area contributed by atoms with Crippen LogP contribution >= 0.6 is 35.6 Å². The molecule has 1 aromatic heterocycles. The predicted molar refractivity (Wildman–Crippen MR) is 100 cm³/mol. The minimum Gasteiger partial charge on any atom is -0.338 e. The minimum atomic E-state index is -0.199. The molecule has 0 fully saturated rings. The van der Waals surface area contributed by atoms with Gasteiger partial charge in [0, 0.05) is 5.02 Å². The van der Waals surface area contributed by atoms with E-state index in [0.717, 1.165) is 6.42 Å². The number of hydrogen-bond acceptors (Lipinski definition) is 6. The summed E-state index contributed by atoms with van der Waals surface area (Å²) < 4.78 is 4.98. The summed E-state index contributed by atoms with van der Waals surface area (Å²) in [4.78, 5) is 18.3. The van der Waals surface area contributed by atoms with E-state index in [1.165, 1.54) is 0 Å². The number of nitrogens with zero attached hydrogens (tertiary/aromatic N) is 3. The van der Waals surface area contributed by atoms with Gasteiger partial charge < -0.3 is 15.6 Å². The van der Waals surface area contributed by atoms with Gasteiger partial charge in [0.1, 0.15) is 0 Å². The predicted octanol–water partition coefficient (Wildman–Crippen LogP) is 3.11. The third-order valence-electron chi connectivity index (χ3n) is 3.16. The number of aromatic nitrogens is 2. The summed E-state index contributed by atoms with van der Waals surface area (Å²) in [5, 5.41) is 7.54. The fraction of sp³-hybridized carbons (Fsp3) is 0.400. The molecule has 0 unspecified atom stereocenters. The molecule has 0 aliphatic heterocycles. The molecule has 0 bridgehead atoms. The molecule has 0 aliphatic rings. The summed E-state index contributed by atoms with van der Waals surface area (Å²) in [6.07, 6.45) is 0.882. The number of nitrogens with one attached hydrogen (secondary N) is 1.